The minimum Gasteiger partial charge on any atom is -0.452 e. The Morgan fingerprint density at radius 1 is 1.12 bits per heavy atom. The number of halogens is 1. The van der Waals surface area contributed by atoms with E-state index in [2.05, 4.69) is 10.2 Å². The van der Waals surface area contributed by atoms with Crippen molar-refractivity contribution in [3.63, 3.8) is 0 Å². The first-order valence-electron chi connectivity index (χ1n) is 7.19. The molecule has 1 aromatic heterocycles. The summed E-state index contributed by atoms with van der Waals surface area (Å²) in [5.74, 6) is -0.401. The average Bonchev–Trinajstić information content (AvgIpc) is 3.08. The molecule has 24 heavy (non-hydrogen) atoms. The van der Waals surface area contributed by atoms with Crippen molar-refractivity contribution in [2.24, 2.45) is 0 Å². The lowest BCUT2D eigenvalue weighted by molar-refractivity contribution is -0.139. The lowest BCUT2D eigenvalue weighted by Gasteiger charge is -1.97. The summed E-state index contributed by atoms with van der Waals surface area (Å²) in [5.41, 5.74) is 1.35. The fraction of sp³-hybridized carbons (Fsp3) is 0.0556. The maximum atomic E-state index is 13.0. The van der Waals surface area contributed by atoms with Crippen LogP contribution < -0.4 is 0 Å². The largest absolute Gasteiger partial charge is 0.452 e. The first-order chi connectivity index (χ1) is 11.7. The number of carbonyl (C=O) groups is 1. The highest BCUT2D eigenvalue weighted by atomic mass is 19.1. The van der Waals surface area contributed by atoms with Gasteiger partial charge in [0.1, 0.15) is 5.82 Å². The van der Waals surface area contributed by atoms with Crippen molar-refractivity contribution in [1.29, 1.82) is 0 Å². The van der Waals surface area contributed by atoms with Crippen LogP contribution in [0.15, 0.2) is 65.1 Å². The van der Waals surface area contributed by atoms with E-state index in [9.17, 15) is 9.18 Å². The lowest BCUT2D eigenvalue weighted by Crippen LogP contribution is -2.00. The molecule has 0 spiro atoms. The normalized spacial score (nSPS) is 10.9. The van der Waals surface area contributed by atoms with Crippen LogP contribution in [0.2, 0.25) is 0 Å². The zero-order valence-corrected chi connectivity index (χ0v) is 12.6. The predicted molar refractivity (Wildman–Crippen MR) is 85.0 cm³/mol. The standard InChI is InChI=1S/C18H13FN2O3/c19-15-8-4-5-13(11-15)9-10-17(22)23-12-16-20-21-18(24-16)14-6-2-1-3-7-14/h1-11H,12H2/b10-9+. The molecule has 5 nitrogen and oxygen atoms in total. The second kappa shape index (κ2) is 7.32. The molecule has 1 heterocycles. The van der Waals surface area contributed by atoms with Gasteiger partial charge in [-0.3, -0.25) is 0 Å². The highest BCUT2D eigenvalue weighted by molar-refractivity contribution is 5.86. The second-order valence-corrected chi connectivity index (χ2v) is 4.86. The van der Waals surface area contributed by atoms with Crippen molar-refractivity contribution < 1.29 is 18.3 Å². The molecule has 0 amide bonds. The average molecular weight is 324 g/mol. The van der Waals surface area contributed by atoms with Gasteiger partial charge in [0, 0.05) is 11.6 Å². The summed E-state index contributed by atoms with van der Waals surface area (Å²) in [4.78, 5) is 11.7. The Labute approximate surface area is 137 Å². The number of ether oxygens (including phenoxy) is 1. The molecule has 0 radical (unpaired) electrons. The van der Waals surface area contributed by atoms with Crippen LogP contribution in [0.5, 0.6) is 0 Å². The van der Waals surface area contributed by atoms with Crippen LogP contribution >= 0.6 is 0 Å². The van der Waals surface area contributed by atoms with Gasteiger partial charge in [0.2, 0.25) is 5.89 Å². The summed E-state index contributed by atoms with van der Waals surface area (Å²) in [6, 6.07) is 15.2. The van der Waals surface area contributed by atoms with Gasteiger partial charge in [-0.05, 0) is 35.9 Å². The van der Waals surface area contributed by atoms with E-state index in [0.29, 0.717) is 11.5 Å². The Bertz CT molecular complexity index is 859. The SMILES string of the molecule is O=C(/C=C/c1cccc(F)c1)OCc1nnc(-c2ccccc2)o1. The van der Waals surface area contributed by atoms with Gasteiger partial charge in [0.05, 0.1) is 0 Å². The number of nitrogens with zero attached hydrogens (tertiary/aromatic N) is 2. The number of rotatable bonds is 5. The number of hydrogen-bond donors (Lipinski definition) is 0. The van der Waals surface area contributed by atoms with Gasteiger partial charge in [-0.2, -0.15) is 0 Å². The third kappa shape index (κ3) is 4.13. The molecule has 0 aliphatic carbocycles. The van der Waals surface area contributed by atoms with E-state index in [4.69, 9.17) is 9.15 Å². The van der Waals surface area contributed by atoms with Crippen LogP contribution in [-0.4, -0.2) is 16.2 Å². The first kappa shape index (κ1) is 15.6. The van der Waals surface area contributed by atoms with Crippen LogP contribution in [0.3, 0.4) is 0 Å². The van der Waals surface area contributed by atoms with Gasteiger partial charge in [-0.1, -0.05) is 30.3 Å². The number of esters is 1. The summed E-state index contributed by atoms with van der Waals surface area (Å²) in [6.07, 6.45) is 2.68. The molecule has 0 saturated heterocycles. The fourth-order valence-electron chi connectivity index (χ4n) is 1.96. The third-order valence-electron chi connectivity index (χ3n) is 3.09. The Balaban J connectivity index is 1.56. The summed E-state index contributed by atoms with van der Waals surface area (Å²) in [5, 5.41) is 7.73. The predicted octanol–water partition coefficient (Wildman–Crippen LogP) is 3.63. The zero-order chi connectivity index (χ0) is 16.8. The van der Waals surface area contributed by atoms with E-state index in [1.54, 1.807) is 12.1 Å². The Hall–Kier alpha value is -3.28. The van der Waals surface area contributed by atoms with E-state index in [1.807, 2.05) is 30.3 Å². The summed E-state index contributed by atoms with van der Waals surface area (Å²) in [6.45, 7) is -0.133. The zero-order valence-electron chi connectivity index (χ0n) is 12.6. The molecule has 0 aliphatic heterocycles. The minimum absolute atomic E-state index is 0.133. The molecule has 3 aromatic rings. The molecule has 0 atom stereocenters. The maximum Gasteiger partial charge on any atom is 0.331 e. The smallest absolute Gasteiger partial charge is 0.331 e. The van der Waals surface area contributed by atoms with E-state index < -0.39 is 5.97 Å². The number of hydrogen-bond acceptors (Lipinski definition) is 5. The van der Waals surface area contributed by atoms with Crippen molar-refractivity contribution in [3.05, 3.63) is 77.9 Å². The second-order valence-electron chi connectivity index (χ2n) is 4.86. The van der Waals surface area contributed by atoms with Gasteiger partial charge in [0.25, 0.3) is 5.89 Å². The lowest BCUT2D eigenvalue weighted by atomic mass is 10.2. The first-order valence-corrected chi connectivity index (χ1v) is 7.19. The monoisotopic (exact) mass is 324 g/mol. The van der Waals surface area contributed by atoms with E-state index >= 15 is 0 Å². The molecular weight excluding hydrogens is 311 g/mol. The Kier molecular flexibility index (Phi) is 4.76. The maximum absolute atomic E-state index is 13.0. The minimum atomic E-state index is -0.585. The Morgan fingerprint density at radius 2 is 1.96 bits per heavy atom. The molecule has 0 saturated carbocycles. The van der Waals surface area contributed by atoms with Gasteiger partial charge in [-0.25, -0.2) is 9.18 Å². The van der Waals surface area contributed by atoms with E-state index in [-0.39, 0.29) is 18.3 Å². The number of benzene rings is 2. The van der Waals surface area contributed by atoms with Crippen LogP contribution in [-0.2, 0) is 16.1 Å². The highest BCUT2D eigenvalue weighted by Gasteiger charge is 2.09. The van der Waals surface area contributed by atoms with Gasteiger partial charge in [0.15, 0.2) is 6.61 Å². The highest BCUT2D eigenvalue weighted by Crippen LogP contribution is 2.17. The molecule has 0 bridgehead atoms. The topological polar surface area (TPSA) is 65.2 Å². The molecule has 0 N–H and O–H groups in total. The molecule has 120 valence electrons. The summed E-state index contributed by atoms with van der Waals surface area (Å²) >= 11 is 0. The molecular formula is C18H13FN2O3. The third-order valence-corrected chi connectivity index (χ3v) is 3.09. The Morgan fingerprint density at radius 3 is 2.75 bits per heavy atom. The van der Waals surface area contributed by atoms with E-state index in [0.717, 1.165) is 5.56 Å². The molecule has 0 fully saturated rings. The summed E-state index contributed by atoms with van der Waals surface area (Å²) in [7, 11) is 0. The van der Waals surface area contributed by atoms with Crippen molar-refractivity contribution in [1.82, 2.24) is 10.2 Å². The van der Waals surface area contributed by atoms with Crippen molar-refractivity contribution >= 4 is 12.0 Å². The van der Waals surface area contributed by atoms with Gasteiger partial charge in [-0.15, -0.1) is 10.2 Å². The molecule has 6 heteroatoms. The molecule has 0 unspecified atom stereocenters. The van der Waals surface area contributed by atoms with Crippen LogP contribution in [0.1, 0.15) is 11.5 Å². The van der Waals surface area contributed by atoms with Crippen molar-refractivity contribution in [3.8, 4) is 11.5 Å². The summed E-state index contributed by atoms with van der Waals surface area (Å²) < 4.78 is 23.5. The number of aromatic nitrogens is 2. The van der Waals surface area contributed by atoms with Gasteiger partial charge < -0.3 is 9.15 Å². The van der Waals surface area contributed by atoms with Crippen molar-refractivity contribution in [2.75, 3.05) is 0 Å². The van der Waals surface area contributed by atoms with Crippen LogP contribution in [0.25, 0.3) is 17.5 Å². The quantitative estimate of drug-likeness (QED) is 0.529. The molecule has 3 rings (SSSR count). The van der Waals surface area contributed by atoms with Crippen LogP contribution in [0, 0.1) is 5.82 Å². The van der Waals surface area contributed by atoms with Crippen molar-refractivity contribution in [2.45, 2.75) is 6.61 Å². The fourth-order valence-corrected chi connectivity index (χ4v) is 1.96. The number of carbonyl (C=O) groups excluding carboxylic acids is 1. The molecule has 0 aliphatic rings. The van der Waals surface area contributed by atoms with Gasteiger partial charge >= 0.3 is 5.97 Å². The molecule has 2 aromatic carbocycles. The van der Waals surface area contributed by atoms with Crippen LogP contribution in [0.4, 0.5) is 4.39 Å². The van der Waals surface area contributed by atoms with E-state index in [1.165, 1.54) is 24.3 Å².